The van der Waals surface area contributed by atoms with Crippen LogP contribution in [0, 0.1) is 0 Å². The van der Waals surface area contributed by atoms with Crippen LogP contribution in [0.2, 0.25) is 0 Å². The molecule has 2 aromatic heterocycles. The predicted octanol–water partition coefficient (Wildman–Crippen LogP) is 1.59. The van der Waals surface area contributed by atoms with Crippen molar-refractivity contribution >= 4 is 22.3 Å². The molecule has 6 nitrogen and oxygen atoms in total. The Balaban J connectivity index is 1.85. The molecule has 0 aromatic carbocycles. The number of aromatic nitrogens is 2. The fraction of sp³-hybridized carbons (Fsp3) is 0.500. The van der Waals surface area contributed by atoms with E-state index in [1.54, 1.807) is 6.20 Å². The summed E-state index contributed by atoms with van der Waals surface area (Å²) in [6.07, 6.45) is 6.02. The molecule has 1 saturated carbocycles. The number of aliphatic carboxylic acids is 1. The maximum absolute atomic E-state index is 12.0. The Morgan fingerprint density at radius 3 is 2.95 bits per heavy atom. The average Bonchev–Trinajstić information content (AvgIpc) is 3.08. The van der Waals surface area contributed by atoms with Gasteiger partial charge in [0, 0.05) is 30.2 Å². The van der Waals surface area contributed by atoms with Gasteiger partial charge in [0.2, 0.25) is 0 Å². The molecule has 0 aliphatic heterocycles. The van der Waals surface area contributed by atoms with Crippen molar-refractivity contribution in [1.29, 1.82) is 0 Å². The Labute approximate surface area is 125 Å². The summed E-state index contributed by atoms with van der Waals surface area (Å²) in [6.45, 7) is 0.413. The molecule has 1 fully saturated rings. The van der Waals surface area contributed by atoms with Gasteiger partial charge >= 0.3 is 5.97 Å². The Kier molecular flexibility index (Phi) is 4.03. The zero-order valence-corrected chi connectivity index (χ0v) is 12.4. The van der Waals surface area contributed by atoms with Gasteiger partial charge in [-0.25, -0.2) is 4.98 Å². The zero-order chi connectivity index (χ0) is 14.8. The fourth-order valence-electron chi connectivity index (χ4n) is 2.93. The first-order chi connectivity index (χ1) is 10.1. The minimum Gasteiger partial charge on any atom is -0.480 e. The van der Waals surface area contributed by atoms with E-state index in [0.29, 0.717) is 17.2 Å². The van der Waals surface area contributed by atoms with Crippen molar-refractivity contribution in [3.63, 3.8) is 0 Å². The second-order valence-corrected chi connectivity index (χ2v) is 6.25. The normalized spacial score (nSPS) is 16.0. The molecule has 0 spiro atoms. The van der Waals surface area contributed by atoms with Crippen LogP contribution in [-0.2, 0) is 11.3 Å². The molecule has 7 heteroatoms. The van der Waals surface area contributed by atoms with Crippen LogP contribution in [0.1, 0.15) is 31.4 Å². The van der Waals surface area contributed by atoms with E-state index in [2.05, 4.69) is 4.98 Å². The van der Waals surface area contributed by atoms with Crippen molar-refractivity contribution in [3.8, 4) is 0 Å². The van der Waals surface area contributed by atoms with Gasteiger partial charge in [-0.15, -0.1) is 11.3 Å². The van der Waals surface area contributed by atoms with Gasteiger partial charge in [0.25, 0.3) is 5.56 Å². The molecular formula is C14H17N3O3S. The van der Waals surface area contributed by atoms with E-state index in [1.165, 1.54) is 21.8 Å². The highest BCUT2D eigenvalue weighted by atomic mass is 32.1. The largest absolute Gasteiger partial charge is 0.480 e. The SMILES string of the molecule is O=C(O)CN(Cc1cc(=O)n2ccsc2n1)C1CCCC1. The molecule has 0 radical (unpaired) electrons. The summed E-state index contributed by atoms with van der Waals surface area (Å²) in [6, 6.07) is 1.79. The molecule has 2 heterocycles. The topological polar surface area (TPSA) is 74.9 Å². The van der Waals surface area contributed by atoms with Crippen LogP contribution in [0.3, 0.4) is 0 Å². The lowest BCUT2D eigenvalue weighted by molar-refractivity contribution is -0.139. The number of hydrogen-bond acceptors (Lipinski definition) is 5. The summed E-state index contributed by atoms with van der Waals surface area (Å²) in [4.78, 5) is 30.1. The molecular weight excluding hydrogens is 290 g/mol. The maximum Gasteiger partial charge on any atom is 0.317 e. The zero-order valence-electron chi connectivity index (χ0n) is 11.6. The van der Waals surface area contributed by atoms with Crippen molar-refractivity contribution in [3.05, 3.63) is 33.7 Å². The average molecular weight is 307 g/mol. The molecule has 1 N–H and O–H groups in total. The standard InChI is InChI=1S/C14H17N3O3S/c18-12-7-10(15-14-17(12)5-6-21-14)8-16(9-13(19)20)11-3-1-2-4-11/h5-7,11H,1-4,8-9H2,(H,19,20). The lowest BCUT2D eigenvalue weighted by atomic mass is 10.2. The second kappa shape index (κ2) is 5.95. The van der Waals surface area contributed by atoms with E-state index in [4.69, 9.17) is 5.11 Å². The van der Waals surface area contributed by atoms with Gasteiger partial charge in [0.1, 0.15) is 0 Å². The van der Waals surface area contributed by atoms with Crippen LogP contribution in [-0.4, -0.2) is 37.9 Å². The molecule has 0 unspecified atom stereocenters. The van der Waals surface area contributed by atoms with Crippen molar-refractivity contribution in [2.45, 2.75) is 38.3 Å². The second-order valence-electron chi connectivity index (χ2n) is 5.38. The van der Waals surface area contributed by atoms with E-state index in [-0.39, 0.29) is 18.1 Å². The summed E-state index contributed by atoms with van der Waals surface area (Å²) < 4.78 is 1.51. The van der Waals surface area contributed by atoms with E-state index >= 15 is 0 Å². The Hall–Kier alpha value is -1.73. The number of hydrogen-bond donors (Lipinski definition) is 1. The van der Waals surface area contributed by atoms with Gasteiger partial charge in [-0.1, -0.05) is 12.8 Å². The summed E-state index contributed by atoms with van der Waals surface area (Å²) in [5.41, 5.74) is 0.536. The third kappa shape index (κ3) is 3.14. The molecule has 1 aliphatic carbocycles. The summed E-state index contributed by atoms with van der Waals surface area (Å²) in [7, 11) is 0. The smallest absolute Gasteiger partial charge is 0.317 e. The van der Waals surface area contributed by atoms with Crippen molar-refractivity contribution < 1.29 is 9.90 Å². The van der Waals surface area contributed by atoms with E-state index in [1.807, 2.05) is 10.3 Å². The van der Waals surface area contributed by atoms with Gasteiger partial charge in [-0.2, -0.15) is 0 Å². The van der Waals surface area contributed by atoms with Gasteiger partial charge in [0.05, 0.1) is 12.2 Å². The lowest BCUT2D eigenvalue weighted by Gasteiger charge is -2.26. The van der Waals surface area contributed by atoms with Gasteiger partial charge < -0.3 is 5.11 Å². The molecule has 1 aliphatic rings. The minimum absolute atomic E-state index is 0.00381. The number of nitrogens with zero attached hydrogens (tertiary/aromatic N) is 3. The van der Waals surface area contributed by atoms with E-state index < -0.39 is 5.97 Å². The van der Waals surface area contributed by atoms with Crippen molar-refractivity contribution in [1.82, 2.24) is 14.3 Å². The molecule has 0 saturated heterocycles. The monoisotopic (exact) mass is 307 g/mol. The first-order valence-corrected chi connectivity index (χ1v) is 7.93. The van der Waals surface area contributed by atoms with Gasteiger partial charge in [-0.05, 0) is 12.8 Å². The maximum atomic E-state index is 12.0. The van der Waals surface area contributed by atoms with Crippen LogP contribution in [0.5, 0.6) is 0 Å². The van der Waals surface area contributed by atoms with Crippen LogP contribution in [0.15, 0.2) is 22.4 Å². The Bertz CT molecular complexity index is 703. The fourth-order valence-corrected chi connectivity index (χ4v) is 3.67. The molecule has 0 atom stereocenters. The number of carboxylic acid groups (broad SMARTS) is 1. The number of carbonyl (C=O) groups is 1. The number of fused-ring (bicyclic) bond motifs is 1. The molecule has 0 bridgehead atoms. The molecule has 0 amide bonds. The third-order valence-electron chi connectivity index (χ3n) is 3.90. The highest BCUT2D eigenvalue weighted by Gasteiger charge is 2.25. The number of carboxylic acids is 1. The van der Waals surface area contributed by atoms with Crippen molar-refractivity contribution in [2.24, 2.45) is 0 Å². The quantitative estimate of drug-likeness (QED) is 0.908. The first kappa shape index (κ1) is 14.2. The molecule has 3 rings (SSSR count). The predicted molar refractivity (Wildman–Crippen MR) is 79.6 cm³/mol. The lowest BCUT2D eigenvalue weighted by Crippen LogP contribution is -2.37. The highest BCUT2D eigenvalue weighted by molar-refractivity contribution is 7.15. The third-order valence-corrected chi connectivity index (χ3v) is 4.66. The molecule has 112 valence electrons. The first-order valence-electron chi connectivity index (χ1n) is 7.05. The van der Waals surface area contributed by atoms with Crippen LogP contribution < -0.4 is 5.56 Å². The van der Waals surface area contributed by atoms with Crippen molar-refractivity contribution in [2.75, 3.05) is 6.54 Å². The van der Waals surface area contributed by atoms with Crippen LogP contribution >= 0.6 is 11.3 Å². The number of thiazole rings is 1. The molecule has 21 heavy (non-hydrogen) atoms. The van der Waals surface area contributed by atoms with Crippen LogP contribution in [0.4, 0.5) is 0 Å². The summed E-state index contributed by atoms with van der Waals surface area (Å²) in [5.74, 6) is -0.837. The van der Waals surface area contributed by atoms with Gasteiger partial charge in [-0.3, -0.25) is 18.9 Å². The highest BCUT2D eigenvalue weighted by Crippen LogP contribution is 2.24. The van der Waals surface area contributed by atoms with Crippen LogP contribution in [0.25, 0.3) is 4.96 Å². The Morgan fingerprint density at radius 2 is 2.24 bits per heavy atom. The summed E-state index contributed by atoms with van der Waals surface area (Å²) in [5, 5.41) is 10.9. The number of rotatable bonds is 5. The van der Waals surface area contributed by atoms with Gasteiger partial charge in [0.15, 0.2) is 4.96 Å². The summed E-state index contributed by atoms with van der Waals surface area (Å²) >= 11 is 1.41. The Morgan fingerprint density at radius 1 is 1.48 bits per heavy atom. The molecule has 2 aromatic rings. The van der Waals surface area contributed by atoms with E-state index in [0.717, 1.165) is 25.7 Å². The van der Waals surface area contributed by atoms with E-state index in [9.17, 15) is 9.59 Å². The minimum atomic E-state index is -0.837.